The standard InChI is InChI=1S/C22H28N4O4S/c1-24-9-11-25(12-10-24)31(27,28)18-5-7-22(23-16-18)26-8-2-3-19(26)17-4-6-20-21(15-17)30-14-13-29-20/h4-7,15-16,19H,2-3,8-14H2,1H3/t19-/m0/s1. The number of pyridine rings is 1. The lowest BCUT2D eigenvalue weighted by molar-refractivity contribution is 0.171. The lowest BCUT2D eigenvalue weighted by atomic mass is 10.0. The van der Waals surface area contributed by atoms with Crippen molar-refractivity contribution in [1.29, 1.82) is 0 Å². The Morgan fingerprint density at radius 2 is 1.74 bits per heavy atom. The Kier molecular flexibility index (Phi) is 5.49. The van der Waals surface area contributed by atoms with Crippen LogP contribution in [0.5, 0.6) is 11.5 Å². The minimum absolute atomic E-state index is 0.184. The number of benzene rings is 1. The number of sulfonamides is 1. The molecule has 0 saturated carbocycles. The third kappa shape index (κ3) is 3.97. The van der Waals surface area contributed by atoms with Gasteiger partial charge in [0.25, 0.3) is 0 Å². The topological polar surface area (TPSA) is 75.2 Å². The Bertz CT molecular complexity index is 1040. The maximum atomic E-state index is 13.0. The Labute approximate surface area is 183 Å². The van der Waals surface area contributed by atoms with Crippen LogP contribution in [-0.2, 0) is 10.0 Å². The normalized spacial score (nSPS) is 22.6. The van der Waals surface area contributed by atoms with Gasteiger partial charge in [-0.15, -0.1) is 0 Å². The van der Waals surface area contributed by atoms with E-state index in [0.29, 0.717) is 26.3 Å². The van der Waals surface area contributed by atoms with Gasteiger partial charge in [0.1, 0.15) is 23.9 Å². The van der Waals surface area contributed by atoms with Crippen molar-refractivity contribution in [3.63, 3.8) is 0 Å². The highest BCUT2D eigenvalue weighted by Gasteiger charge is 2.30. The molecule has 4 heterocycles. The molecular formula is C22H28N4O4S. The zero-order chi connectivity index (χ0) is 21.4. The molecule has 31 heavy (non-hydrogen) atoms. The highest BCUT2D eigenvalue weighted by Crippen LogP contribution is 2.39. The molecule has 0 bridgehead atoms. The molecule has 166 valence electrons. The van der Waals surface area contributed by atoms with Crippen molar-refractivity contribution in [2.24, 2.45) is 0 Å². The van der Waals surface area contributed by atoms with E-state index in [0.717, 1.165) is 55.4 Å². The van der Waals surface area contributed by atoms with Crippen LogP contribution in [0.1, 0.15) is 24.4 Å². The molecule has 9 heteroatoms. The summed E-state index contributed by atoms with van der Waals surface area (Å²) >= 11 is 0. The van der Waals surface area contributed by atoms with Gasteiger partial charge in [0.05, 0.1) is 6.04 Å². The van der Waals surface area contributed by atoms with E-state index in [1.54, 1.807) is 10.4 Å². The molecule has 0 unspecified atom stereocenters. The lowest BCUT2D eigenvalue weighted by Crippen LogP contribution is -2.47. The van der Waals surface area contributed by atoms with Gasteiger partial charge in [0.2, 0.25) is 10.0 Å². The van der Waals surface area contributed by atoms with E-state index >= 15 is 0 Å². The summed E-state index contributed by atoms with van der Waals surface area (Å²) in [5.74, 6) is 2.38. The van der Waals surface area contributed by atoms with E-state index in [2.05, 4.69) is 26.9 Å². The second-order valence-corrected chi connectivity index (χ2v) is 10.3. The van der Waals surface area contributed by atoms with Gasteiger partial charge in [-0.1, -0.05) is 6.07 Å². The number of piperazine rings is 1. The van der Waals surface area contributed by atoms with Crippen LogP contribution in [0, 0.1) is 0 Å². The van der Waals surface area contributed by atoms with Crippen LogP contribution in [0.25, 0.3) is 0 Å². The number of nitrogens with zero attached hydrogens (tertiary/aromatic N) is 4. The third-order valence-electron chi connectivity index (χ3n) is 6.32. The van der Waals surface area contributed by atoms with Crippen molar-refractivity contribution in [3.8, 4) is 11.5 Å². The molecule has 2 fully saturated rings. The first-order valence-electron chi connectivity index (χ1n) is 10.8. The highest BCUT2D eigenvalue weighted by molar-refractivity contribution is 7.89. The van der Waals surface area contributed by atoms with Crippen molar-refractivity contribution in [1.82, 2.24) is 14.2 Å². The molecule has 5 rings (SSSR count). The molecule has 1 aromatic carbocycles. The molecule has 3 aliphatic rings. The van der Waals surface area contributed by atoms with Crippen molar-refractivity contribution in [3.05, 3.63) is 42.1 Å². The fourth-order valence-corrected chi connectivity index (χ4v) is 5.90. The number of hydrogen-bond donors (Lipinski definition) is 0. The number of aromatic nitrogens is 1. The number of ether oxygens (including phenoxy) is 2. The predicted molar refractivity (Wildman–Crippen MR) is 117 cm³/mol. The van der Waals surface area contributed by atoms with Gasteiger partial charge in [-0.2, -0.15) is 4.31 Å². The van der Waals surface area contributed by atoms with Crippen LogP contribution in [0.2, 0.25) is 0 Å². The van der Waals surface area contributed by atoms with Gasteiger partial charge in [-0.05, 0) is 49.7 Å². The minimum Gasteiger partial charge on any atom is -0.486 e. The summed E-state index contributed by atoms with van der Waals surface area (Å²) in [5, 5.41) is 0. The minimum atomic E-state index is -3.51. The van der Waals surface area contributed by atoms with E-state index in [1.807, 2.05) is 19.2 Å². The summed E-state index contributed by atoms with van der Waals surface area (Å²) < 4.78 is 38.9. The molecule has 3 aliphatic heterocycles. The summed E-state index contributed by atoms with van der Waals surface area (Å²) in [6, 6.07) is 9.82. The fourth-order valence-electron chi connectivity index (χ4n) is 4.53. The molecule has 8 nitrogen and oxygen atoms in total. The molecule has 0 aliphatic carbocycles. The zero-order valence-corrected chi connectivity index (χ0v) is 18.6. The van der Waals surface area contributed by atoms with Crippen molar-refractivity contribution in [2.75, 3.05) is 57.9 Å². The van der Waals surface area contributed by atoms with Gasteiger partial charge in [-0.3, -0.25) is 0 Å². The molecule has 1 atom stereocenters. The molecular weight excluding hydrogens is 416 g/mol. The molecule has 2 saturated heterocycles. The largest absolute Gasteiger partial charge is 0.486 e. The summed E-state index contributed by atoms with van der Waals surface area (Å²) in [6.45, 7) is 4.55. The Balaban J connectivity index is 1.35. The van der Waals surface area contributed by atoms with Crippen LogP contribution >= 0.6 is 0 Å². The van der Waals surface area contributed by atoms with Gasteiger partial charge in [0.15, 0.2) is 11.5 Å². The quantitative estimate of drug-likeness (QED) is 0.715. The molecule has 1 aromatic heterocycles. The van der Waals surface area contributed by atoms with Gasteiger partial charge >= 0.3 is 0 Å². The van der Waals surface area contributed by atoms with Crippen LogP contribution in [0.15, 0.2) is 41.4 Å². The lowest BCUT2D eigenvalue weighted by Gasteiger charge is -2.31. The molecule has 0 spiro atoms. The Morgan fingerprint density at radius 1 is 0.968 bits per heavy atom. The number of rotatable bonds is 4. The van der Waals surface area contributed by atoms with E-state index in [4.69, 9.17) is 9.47 Å². The summed E-state index contributed by atoms with van der Waals surface area (Å²) in [4.78, 5) is 9.20. The first kappa shape index (κ1) is 20.5. The molecule has 0 amide bonds. The van der Waals surface area contributed by atoms with Crippen molar-refractivity contribution < 1.29 is 17.9 Å². The number of fused-ring (bicyclic) bond motifs is 1. The zero-order valence-electron chi connectivity index (χ0n) is 17.7. The SMILES string of the molecule is CN1CCN(S(=O)(=O)c2ccc(N3CCC[C@H]3c3ccc4c(c3)OCCO4)nc2)CC1. The number of hydrogen-bond acceptors (Lipinski definition) is 7. The monoisotopic (exact) mass is 444 g/mol. The smallest absolute Gasteiger partial charge is 0.244 e. The second kappa shape index (κ2) is 8.29. The average Bonchev–Trinajstić information content (AvgIpc) is 3.29. The predicted octanol–water partition coefficient (Wildman–Crippen LogP) is 2.13. The molecule has 0 N–H and O–H groups in total. The first-order valence-corrected chi connectivity index (χ1v) is 12.3. The van der Waals surface area contributed by atoms with Crippen LogP contribution < -0.4 is 14.4 Å². The van der Waals surface area contributed by atoms with Crippen molar-refractivity contribution >= 4 is 15.8 Å². The first-order chi connectivity index (χ1) is 15.0. The number of anilines is 1. The van der Waals surface area contributed by atoms with Gasteiger partial charge in [0, 0.05) is 38.9 Å². The molecule has 0 radical (unpaired) electrons. The van der Waals surface area contributed by atoms with Crippen molar-refractivity contribution in [2.45, 2.75) is 23.8 Å². The number of likely N-dealkylation sites (N-methyl/N-ethyl adjacent to an activating group) is 1. The second-order valence-electron chi connectivity index (χ2n) is 8.31. The van der Waals surface area contributed by atoms with E-state index in [1.165, 1.54) is 6.20 Å². The van der Waals surface area contributed by atoms with Gasteiger partial charge < -0.3 is 19.3 Å². The van der Waals surface area contributed by atoms with E-state index in [-0.39, 0.29) is 10.9 Å². The fraction of sp³-hybridized carbons (Fsp3) is 0.500. The Morgan fingerprint density at radius 3 is 2.48 bits per heavy atom. The van der Waals surface area contributed by atoms with Gasteiger partial charge in [-0.25, -0.2) is 13.4 Å². The summed E-state index contributed by atoms with van der Waals surface area (Å²) in [6.07, 6.45) is 3.58. The summed E-state index contributed by atoms with van der Waals surface area (Å²) in [7, 11) is -1.50. The van der Waals surface area contributed by atoms with Crippen LogP contribution in [0.3, 0.4) is 0 Å². The maximum absolute atomic E-state index is 13.0. The van der Waals surface area contributed by atoms with E-state index < -0.39 is 10.0 Å². The average molecular weight is 445 g/mol. The summed E-state index contributed by atoms with van der Waals surface area (Å²) in [5.41, 5.74) is 1.16. The highest BCUT2D eigenvalue weighted by atomic mass is 32.2. The Hall–Kier alpha value is -2.36. The van der Waals surface area contributed by atoms with E-state index in [9.17, 15) is 8.42 Å². The van der Waals surface area contributed by atoms with Crippen LogP contribution in [0.4, 0.5) is 5.82 Å². The van der Waals surface area contributed by atoms with Crippen LogP contribution in [-0.4, -0.2) is 75.6 Å². The maximum Gasteiger partial charge on any atom is 0.244 e. The third-order valence-corrected chi connectivity index (χ3v) is 8.20. The molecule has 2 aromatic rings.